The van der Waals surface area contributed by atoms with E-state index < -0.39 is 8.56 Å². The van der Waals surface area contributed by atoms with Crippen molar-refractivity contribution in [3.05, 3.63) is 97.4 Å². The molecule has 0 saturated heterocycles. The number of rotatable bonds is 6. The van der Waals surface area contributed by atoms with Crippen molar-refractivity contribution in [2.75, 3.05) is 13.2 Å². The fourth-order valence-corrected chi connectivity index (χ4v) is 5.78. The van der Waals surface area contributed by atoms with Gasteiger partial charge in [0.2, 0.25) is 0 Å². The normalized spacial score (nSPS) is 15.9. The number of pyridine rings is 2. The van der Waals surface area contributed by atoms with Crippen LogP contribution in [0.15, 0.2) is 97.4 Å². The maximum Gasteiger partial charge on any atom is 0.531 e. The summed E-state index contributed by atoms with van der Waals surface area (Å²) < 4.78 is 23.7. The molecule has 0 saturated carbocycles. The van der Waals surface area contributed by atoms with E-state index in [1.807, 2.05) is 36.4 Å². The van der Waals surface area contributed by atoms with E-state index in [0.717, 1.165) is 10.4 Å². The average Bonchev–Trinajstić information content (AvgIpc) is 2.76. The van der Waals surface area contributed by atoms with Gasteiger partial charge < -0.3 is 18.3 Å². The van der Waals surface area contributed by atoms with Crippen LogP contribution < -0.4 is 10.4 Å². The van der Waals surface area contributed by atoms with Crippen molar-refractivity contribution in [3.63, 3.8) is 0 Å². The molecule has 0 bridgehead atoms. The fourth-order valence-electron chi connectivity index (χ4n) is 2.79. The van der Waals surface area contributed by atoms with Crippen molar-refractivity contribution in [1.82, 2.24) is 9.97 Å². The molecule has 2 aromatic rings. The summed E-state index contributed by atoms with van der Waals surface area (Å²) in [6.07, 6.45) is 17.6. The van der Waals surface area contributed by atoms with E-state index >= 15 is 0 Å². The van der Waals surface area contributed by atoms with Gasteiger partial charge >= 0.3 is 8.56 Å². The molecule has 4 heterocycles. The Balaban J connectivity index is 1.84. The van der Waals surface area contributed by atoms with Crippen LogP contribution in [0.1, 0.15) is 0 Å². The third kappa shape index (κ3) is 3.78. The van der Waals surface area contributed by atoms with E-state index in [4.69, 9.17) is 18.3 Å². The summed E-state index contributed by atoms with van der Waals surface area (Å²) in [4.78, 5) is 8.30. The van der Waals surface area contributed by atoms with Crippen LogP contribution in [0, 0.1) is 0 Å². The number of allylic oxidation sites excluding steroid dienone is 2. The zero-order chi connectivity index (χ0) is 18.4. The second kappa shape index (κ2) is 7.92. The standard InChI is InChI=1S/C20H18N2O4Si/c1-9-21-10-2-19(1)27(20-3-11-22-12-4-20,25-17-5-13-23-14-6-17)26-18-7-15-24-16-8-18/h1-13,15H,14,16H2. The van der Waals surface area contributed by atoms with Gasteiger partial charge in [-0.05, 0) is 36.4 Å². The van der Waals surface area contributed by atoms with Gasteiger partial charge in [0.1, 0.15) is 24.7 Å². The zero-order valence-corrected chi connectivity index (χ0v) is 15.5. The predicted octanol–water partition coefficient (Wildman–Crippen LogP) is 1.92. The lowest BCUT2D eigenvalue weighted by Gasteiger charge is -2.33. The molecule has 0 aliphatic carbocycles. The smallest absolute Gasteiger partial charge is 0.506 e. The van der Waals surface area contributed by atoms with Crippen molar-refractivity contribution in [2.45, 2.75) is 0 Å². The Hall–Kier alpha value is -3.32. The molecule has 27 heavy (non-hydrogen) atoms. The van der Waals surface area contributed by atoms with Crippen LogP contribution in [-0.2, 0) is 18.3 Å². The number of ether oxygens (including phenoxy) is 2. The van der Waals surface area contributed by atoms with Crippen molar-refractivity contribution >= 4 is 18.9 Å². The summed E-state index contributed by atoms with van der Waals surface area (Å²) in [5.41, 5.74) is 0. The van der Waals surface area contributed by atoms with E-state index in [-0.39, 0.29) is 0 Å². The molecule has 0 amide bonds. The zero-order valence-electron chi connectivity index (χ0n) is 14.5. The average molecular weight is 378 g/mol. The summed E-state index contributed by atoms with van der Waals surface area (Å²) in [6.45, 7) is 0.916. The molecular formula is C20H18N2O4Si. The molecule has 0 radical (unpaired) electrons. The molecule has 6 nitrogen and oxygen atoms in total. The first-order chi connectivity index (χ1) is 13.4. The van der Waals surface area contributed by atoms with Gasteiger partial charge in [0.15, 0.2) is 0 Å². The fraction of sp³-hybridized carbons (Fsp3) is 0.100. The first-order valence-electron chi connectivity index (χ1n) is 8.52. The van der Waals surface area contributed by atoms with Gasteiger partial charge in [-0.25, -0.2) is 0 Å². The van der Waals surface area contributed by atoms with Crippen LogP contribution in [-0.4, -0.2) is 31.7 Å². The molecule has 7 heteroatoms. The van der Waals surface area contributed by atoms with Crippen LogP contribution in [0.2, 0.25) is 0 Å². The van der Waals surface area contributed by atoms with Crippen molar-refractivity contribution in [2.24, 2.45) is 0 Å². The van der Waals surface area contributed by atoms with Gasteiger partial charge in [0.05, 0.1) is 12.5 Å². The predicted molar refractivity (Wildman–Crippen MR) is 102 cm³/mol. The minimum atomic E-state index is -3.15. The summed E-state index contributed by atoms with van der Waals surface area (Å²) in [5.74, 6) is 1.41. The highest BCUT2D eigenvalue weighted by molar-refractivity contribution is 6.93. The van der Waals surface area contributed by atoms with Crippen molar-refractivity contribution in [3.8, 4) is 0 Å². The Bertz CT molecular complexity index is 819. The van der Waals surface area contributed by atoms with Gasteiger partial charge in [0, 0.05) is 47.3 Å². The second-order valence-corrected chi connectivity index (χ2v) is 8.57. The highest BCUT2D eigenvalue weighted by Crippen LogP contribution is 2.21. The van der Waals surface area contributed by atoms with Gasteiger partial charge in [0.25, 0.3) is 0 Å². The molecule has 2 aliphatic rings. The highest BCUT2D eigenvalue weighted by atomic mass is 28.4. The number of nitrogens with zero attached hydrogens (tertiary/aromatic N) is 2. The summed E-state index contributed by atoms with van der Waals surface area (Å²) >= 11 is 0. The lowest BCUT2D eigenvalue weighted by atomic mass is 10.4. The third-order valence-corrected chi connectivity index (χ3v) is 7.30. The lowest BCUT2D eigenvalue weighted by molar-refractivity contribution is 0.248. The van der Waals surface area contributed by atoms with Crippen LogP contribution in [0.3, 0.4) is 0 Å². The summed E-state index contributed by atoms with van der Waals surface area (Å²) in [6, 6.07) is 7.72. The third-order valence-electron chi connectivity index (χ3n) is 4.06. The maximum atomic E-state index is 6.59. The minimum absolute atomic E-state index is 0.458. The molecule has 2 aliphatic heterocycles. The molecule has 0 N–H and O–H groups in total. The molecule has 0 atom stereocenters. The van der Waals surface area contributed by atoms with Gasteiger partial charge in [-0.3, -0.25) is 9.97 Å². The van der Waals surface area contributed by atoms with Gasteiger partial charge in [-0.15, -0.1) is 0 Å². The minimum Gasteiger partial charge on any atom is -0.506 e. The Kier molecular flexibility index (Phi) is 5.02. The Morgan fingerprint density at radius 1 is 0.704 bits per heavy atom. The second-order valence-electron chi connectivity index (χ2n) is 5.78. The number of hydrogen-bond donors (Lipinski definition) is 0. The molecular weight excluding hydrogens is 360 g/mol. The van der Waals surface area contributed by atoms with E-state index in [9.17, 15) is 0 Å². The van der Waals surface area contributed by atoms with Gasteiger partial charge in [-0.1, -0.05) is 0 Å². The van der Waals surface area contributed by atoms with Crippen molar-refractivity contribution < 1.29 is 18.3 Å². The first kappa shape index (κ1) is 17.1. The van der Waals surface area contributed by atoms with Crippen LogP contribution in [0.4, 0.5) is 0 Å². The van der Waals surface area contributed by atoms with Crippen LogP contribution in [0.25, 0.3) is 0 Å². The monoisotopic (exact) mass is 378 g/mol. The molecule has 0 spiro atoms. The highest BCUT2D eigenvalue weighted by Gasteiger charge is 2.48. The Labute approximate surface area is 158 Å². The summed E-state index contributed by atoms with van der Waals surface area (Å²) in [7, 11) is -3.15. The molecule has 4 rings (SSSR count). The first-order valence-corrected chi connectivity index (χ1v) is 10.3. The summed E-state index contributed by atoms with van der Waals surface area (Å²) in [5, 5.41) is 1.87. The van der Waals surface area contributed by atoms with E-state index in [1.54, 1.807) is 49.5 Å². The Morgan fingerprint density at radius 2 is 1.15 bits per heavy atom. The van der Waals surface area contributed by atoms with Crippen LogP contribution in [0.5, 0.6) is 0 Å². The van der Waals surface area contributed by atoms with E-state index in [2.05, 4.69) is 9.97 Å². The quantitative estimate of drug-likeness (QED) is 0.716. The Morgan fingerprint density at radius 3 is 1.52 bits per heavy atom. The number of aromatic nitrogens is 2. The van der Waals surface area contributed by atoms with E-state index in [0.29, 0.717) is 24.7 Å². The molecule has 0 fully saturated rings. The molecule has 0 unspecified atom stereocenters. The van der Waals surface area contributed by atoms with Gasteiger partial charge in [-0.2, -0.15) is 0 Å². The topological polar surface area (TPSA) is 62.7 Å². The number of hydrogen-bond acceptors (Lipinski definition) is 6. The van der Waals surface area contributed by atoms with Crippen LogP contribution >= 0.6 is 0 Å². The largest absolute Gasteiger partial charge is 0.531 e. The lowest BCUT2D eigenvalue weighted by Crippen LogP contribution is -2.63. The maximum absolute atomic E-state index is 6.59. The molecule has 0 aromatic carbocycles. The SMILES string of the molecule is C1=CC(O[Si](OC2=CCOC=C2)(c2ccncc2)c2ccncc2)=CCO1. The van der Waals surface area contributed by atoms with E-state index in [1.165, 1.54) is 0 Å². The molecule has 2 aromatic heterocycles. The molecule has 136 valence electrons. The van der Waals surface area contributed by atoms with Crippen molar-refractivity contribution in [1.29, 1.82) is 0 Å².